The average Bonchev–Trinajstić information content (AvgIpc) is 2.36. The zero-order valence-electron chi connectivity index (χ0n) is 10.5. The molecule has 0 aliphatic carbocycles. The summed E-state index contributed by atoms with van der Waals surface area (Å²) < 4.78 is 4.67. The van der Waals surface area contributed by atoms with E-state index in [4.69, 9.17) is 0 Å². The maximum absolute atomic E-state index is 11.2. The highest BCUT2D eigenvalue weighted by Gasteiger charge is 2.05. The molecule has 0 radical (unpaired) electrons. The van der Waals surface area contributed by atoms with Gasteiger partial charge in [-0.25, -0.2) is 0 Å². The topological polar surface area (TPSA) is 26.3 Å². The van der Waals surface area contributed by atoms with Crippen LogP contribution in [0.25, 0.3) is 0 Å². The minimum absolute atomic E-state index is 0.229. The van der Waals surface area contributed by atoms with E-state index in [1.54, 1.807) is 0 Å². The van der Waals surface area contributed by atoms with E-state index in [0.717, 1.165) is 30.4 Å². The molecule has 0 unspecified atom stereocenters. The Kier molecular flexibility index (Phi) is 5.88. The summed E-state index contributed by atoms with van der Waals surface area (Å²) in [5.74, 6) is 6.02. The molecule has 0 saturated carbocycles. The molecule has 0 aliphatic rings. The lowest BCUT2D eigenvalue weighted by Gasteiger charge is -2.02. The van der Waals surface area contributed by atoms with Gasteiger partial charge in [0.25, 0.3) is 0 Å². The molecule has 0 spiro atoms. The number of benzene rings is 1. The van der Waals surface area contributed by atoms with Crippen LogP contribution in [0, 0.1) is 11.8 Å². The van der Waals surface area contributed by atoms with Crippen molar-refractivity contribution in [3.05, 3.63) is 35.4 Å². The Bertz CT molecular complexity index is 424. The van der Waals surface area contributed by atoms with Crippen molar-refractivity contribution in [2.75, 3.05) is 7.11 Å². The minimum atomic E-state index is -0.229. The molecule has 2 nitrogen and oxygen atoms in total. The number of hydrogen-bond acceptors (Lipinski definition) is 2. The Morgan fingerprint density at radius 3 is 2.82 bits per heavy atom. The molecule has 0 amide bonds. The summed E-state index contributed by atoms with van der Waals surface area (Å²) in [4.78, 5) is 11.2. The number of ether oxygens (including phenoxy) is 1. The summed E-state index contributed by atoms with van der Waals surface area (Å²) in [7, 11) is 1.40. The predicted molar refractivity (Wildman–Crippen MR) is 68.6 cm³/mol. The predicted octanol–water partition coefficient (Wildman–Crippen LogP) is 2.94. The third-order valence-corrected chi connectivity index (χ3v) is 2.46. The number of carbonyl (C=O) groups is 1. The summed E-state index contributed by atoms with van der Waals surface area (Å²) in [5.41, 5.74) is 1.86. The van der Waals surface area contributed by atoms with E-state index in [9.17, 15) is 4.79 Å². The van der Waals surface area contributed by atoms with Gasteiger partial charge in [0.2, 0.25) is 0 Å². The van der Waals surface area contributed by atoms with Crippen molar-refractivity contribution in [2.45, 2.75) is 32.6 Å². The SMILES string of the molecule is CCCCC#Cc1ccccc1CC(=O)OC. The average molecular weight is 230 g/mol. The molecule has 2 heteroatoms. The van der Waals surface area contributed by atoms with E-state index in [1.807, 2.05) is 24.3 Å². The normalized spacial score (nSPS) is 9.29. The Hall–Kier alpha value is -1.75. The second-order valence-corrected chi connectivity index (χ2v) is 3.82. The van der Waals surface area contributed by atoms with E-state index in [-0.39, 0.29) is 12.4 Å². The fourth-order valence-corrected chi connectivity index (χ4v) is 1.45. The highest BCUT2D eigenvalue weighted by atomic mass is 16.5. The third kappa shape index (κ3) is 4.74. The van der Waals surface area contributed by atoms with Gasteiger partial charge in [0.05, 0.1) is 13.5 Å². The molecule has 90 valence electrons. The molecule has 0 aliphatic heterocycles. The van der Waals surface area contributed by atoms with Crippen molar-refractivity contribution in [2.24, 2.45) is 0 Å². The van der Waals surface area contributed by atoms with Gasteiger partial charge in [-0.05, 0) is 18.1 Å². The van der Waals surface area contributed by atoms with Gasteiger partial charge < -0.3 is 4.74 Å². The van der Waals surface area contributed by atoms with Crippen LogP contribution < -0.4 is 0 Å². The monoisotopic (exact) mass is 230 g/mol. The first-order valence-corrected chi connectivity index (χ1v) is 5.91. The number of unbranched alkanes of at least 4 members (excludes halogenated alkanes) is 2. The van der Waals surface area contributed by atoms with Crippen LogP contribution in [0.15, 0.2) is 24.3 Å². The molecule has 0 N–H and O–H groups in total. The highest BCUT2D eigenvalue weighted by Crippen LogP contribution is 2.09. The summed E-state index contributed by atoms with van der Waals surface area (Å²) in [6.07, 6.45) is 3.46. The molecule has 0 fully saturated rings. The molecule has 1 aromatic rings. The minimum Gasteiger partial charge on any atom is -0.469 e. The Labute approximate surface area is 103 Å². The van der Waals surface area contributed by atoms with Crippen LogP contribution in [0.2, 0.25) is 0 Å². The van der Waals surface area contributed by atoms with Gasteiger partial charge in [0, 0.05) is 12.0 Å². The van der Waals surface area contributed by atoms with Crippen LogP contribution in [-0.2, 0) is 16.0 Å². The molecule has 0 atom stereocenters. The fourth-order valence-electron chi connectivity index (χ4n) is 1.45. The number of esters is 1. The second-order valence-electron chi connectivity index (χ2n) is 3.82. The summed E-state index contributed by atoms with van der Waals surface area (Å²) in [5, 5.41) is 0. The van der Waals surface area contributed by atoms with E-state index < -0.39 is 0 Å². The van der Waals surface area contributed by atoms with Crippen LogP contribution in [0.5, 0.6) is 0 Å². The van der Waals surface area contributed by atoms with Gasteiger partial charge in [0.15, 0.2) is 0 Å². The van der Waals surface area contributed by atoms with Crippen molar-refractivity contribution >= 4 is 5.97 Å². The van der Waals surface area contributed by atoms with Crippen LogP contribution in [0.1, 0.15) is 37.3 Å². The van der Waals surface area contributed by atoms with Crippen molar-refractivity contribution in [3.63, 3.8) is 0 Å². The molecule has 0 bridgehead atoms. The Morgan fingerprint density at radius 2 is 2.12 bits per heavy atom. The van der Waals surface area contributed by atoms with Crippen molar-refractivity contribution < 1.29 is 9.53 Å². The standard InChI is InChI=1S/C15H18O2/c1-3-4-5-6-9-13-10-7-8-11-14(13)12-15(16)17-2/h7-8,10-11H,3-5,12H2,1-2H3. The number of hydrogen-bond donors (Lipinski definition) is 0. The quantitative estimate of drug-likeness (QED) is 0.451. The van der Waals surface area contributed by atoms with Crippen LogP contribution in [-0.4, -0.2) is 13.1 Å². The molecule has 1 rings (SSSR count). The summed E-state index contributed by atoms with van der Waals surface area (Å²) >= 11 is 0. The highest BCUT2D eigenvalue weighted by molar-refractivity contribution is 5.73. The molecule has 0 heterocycles. The van der Waals surface area contributed by atoms with E-state index in [0.29, 0.717) is 0 Å². The first kappa shape index (κ1) is 13.3. The van der Waals surface area contributed by atoms with Crippen LogP contribution in [0.3, 0.4) is 0 Å². The lowest BCUT2D eigenvalue weighted by atomic mass is 10.0. The largest absolute Gasteiger partial charge is 0.469 e. The molecular weight excluding hydrogens is 212 g/mol. The molecule has 0 saturated heterocycles. The zero-order chi connectivity index (χ0) is 12.5. The maximum Gasteiger partial charge on any atom is 0.310 e. The first-order valence-electron chi connectivity index (χ1n) is 5.91. The van der Waals surface area contributed by atoms with Crippen molar-refractivity contribution in [1.82, 2.24) is 0 Å². The van der Waals surface area contributed by atoms with E-state index >= 15 is 0 Å². The fraction of sp³-hybridized carbons (Fsp3) is 0.400. The summed E-state index contributed by atoms with van der Waals surface area (Å²) in [6, 6.07) is 7.71. The van der Waals surface area contributed by atoms with Gasteiger partial charge in [-0.3, -0.25) is 4.79 Å². The van der Waals surface area contributed by atoms with E-state index in [2.05, 4.69) is 23.5 Å². The van der Waals surface area contributed by atoms with Gasteiger partial charge in [-0.15, -0.1) is 0 Å². The molecule has 1 aromatic carbocycles. The first-order chi connectivity index (χ1) is 8.27. The Morgan fingerprint density at radius 1 is 1.35 bits per heavy atom. The number of methoxy groups -OCH3 is 1. The van der Waals surface area contributed by atoms with Crippen LogP contribution >= 0.6 is 0 Å². The molecule has 0 aromatic heterocycles. The lowest BCUT2D eigenvalue weighted by Crippen LogP contribution is -2.05. The zero-order valence-corrected chi connectivity index (χ0v) is 10.5. The number of rotatable bonds is 4. The maximum atomic E-state index is 11.2. The molecular formula is C15H18O2. The van der Waals surface area contributed by atoms with Gasteiger partial charge >= 0.3 is 5.97 Å². The van der Waals surface area contributed by atoms with Gasteiger partial charge in [-0.2, -0.15) is 0 Å². The number of carbonyl (C=O) groups excluding carboxylic acids is 1. The lowest BCUT2D eigenvalue weighted by molar-refractivity contribution is -0.139. The van der Waals surface area contributed by atoms with Crippen molar-refractivity contribution in [1.29, 1.82) is 0 Å². The van der Waals surface area contributed by atoms with Gasteiger partial charge in [-0.1, -0.05) is 43.4 Å². The molecule has 17 heavy (non-hydrogen) atoms. The smallest absolute Gasteiger partial charge is 0.310 e. The Balaban J connectivity index is 2.76. The second kappa shape index (κ2) is 7.51. The summed E-state index contributed by atoms with van der Waals surface area (Å²) in [6.45, 7) is 2.15. The van der Waals surface area contributed by atoms with Crippen molar-refractivity contribution in [3.8, 4) is 11.8 Å². The van der Waals surface area contributed by atoms with Crippen LogP contribution in [0.4, 0.5) is 0 Å². The van der Waals surface area contributed by atoms with Gasteiger partial charge in [0.1, 0.15) is 0 Å². The third-order valence-electron chi connectivity index (χ3n) is 2.46. The van der Waals surface area contributed by atoms with E-state index in [1.165, 1.54) is 7.11 Å².